The first-order valence-corrected chi connectivity index (χ1v) is 7.18. The zero-order valence-electron chi connectivity index (χ0n) is 12.2. The second kappa shape index (κ2) is 6.72. The predicted molar refractivity (Wildman–Crippen MR) is 77.8 cm³/mol. The van der Waals surface area contributed by atoms with Crippen molar-refractivity contribution in [3.63, 3.8) is 0 Å². The Morgan fingerprint density at radius 1 is 1.29 bits per heavy atom. The van der Waals surface area contributed by atoms with Crippen LogP contribution < -0.4 is 5.32 Å². The van der Waals surface area contributed by atoms with E-state index in [1.807, 2.05) is 30.3 Å². The lowest BCUT2D eigenvalue weighted by Crippen LogP contribution is -2.49. The summed E-state index contributed by atoms with van der Waals surface area (Å²) in [5.41, 5.74) is 0.134. The van der Waals surface area contributed by atoms with Gasteiger partial charge >= 0.3 is 5.97 Å². The van der Waals surface area contributed by atoms with Crippen LogP contribution in [0, 0.1) is 0 Å². The van der Waals surface area contributed by atoms with E-state index in [9.17, 15) is 9.59 Å². The van der Waals surface area contributed by atoms with E-state index in [2.05, 4.69) is 5.32 Å². The van der Waals surface area contributed by atoms with Crippen LogP contribution in [0.15, 0.2) is 30.3 Å². The van der Waals surface area contributed by atoms with Crippen molar-refractivity contribution >= 4 is 11.9 Å². The minimum absolute atomic E-state index is 0.0377. The van der Waals surface area contributed by atoms with E-state index in [4.69, 9.17) is 9.84 Å². The summed E-state index contributed by atoms with van der Waals surface area (Å²) >= 11 is 0. The molecule has 0 unspecified atom stereocenters. The summed E-state index contributed by atoms with van der Waals surface area (Å²) in [5.74, 6) is -1.15. The second-order valence-electron chi connectivity index (χ2n) is 5.57. The zero-order chi connectivity index (χ0) is 15.3. The van der Waals surface area contributed by atoms with Crippen LogP contribution in [0.5, 0.6) is 0 Å². The molecule has 1 aromatic carbocycles. The van der Waals surface area contributed by atoms with Crippen LogP contribution in [-0.2, 0) is 14.3 Å². The summed E-state index contributed by atoms with van der Waals surface area (Å²) in [6, 6.07) is 9.21. The average Bonchev–Trinajstić information content (AvgIpc) is 2.88. The third-order valence-corrected chi connectivity index (χ3v) is 4.01. The van der Waals surface area contributed by atoms with Gasteiger partial charge in [-0.15, -0.1) is 0 Å². The van der Waals surface area contributed by atoms with Gasteiger partial charge in [-0.1, -0.05) is 43.2 Å². The van der Waals surface area contributed by atoms with Crippen molar-refractivity contribution < 1.29 is 19.4 Å². The maximum absolute atomic E-state index is 12.5. The van der Waals surface area contributed by atoms with Gasteiger partial charge in [0.15, 0.2) is 6.10 Å². The normalized spacial score (nSPS) is 18.1. The number of hydrogen-bond donors (Lipinski definition) is 2. The Hall–Kier alpha value is -1.88. The van der Waals surface area contributed by atoms with Crippen molar-refractivity contribution in [1.29, 1.82) is 0 Å². The van der Waals surface area contributed by atoms with E-state index in [0.717, 1.165) is 18.4 Å². The van der Waals surface area contributed by atoms with Crippen LogP contribution in [0.3, 0.4) is 0 Å². The molecule has 1 aliphatic carbocycles. The monoisotopic (exact) mass is 291 g/mol. The summed E-state index contributed by atoms with van der Waals surface area (Å²) in [6.07, 6.45) is 2.54. The SMILES string of the molecule is CO[C@@H](C(=O)NC1(CC(=O)O)CCCC1)c1ccccc1. The molecule has 5 nitrogen and oxygen atoms in total. The first kappa shape index (κ1) is 15.5. The van der Waals surface area contributed by atoms with E-state index in [0.29, 0.717) is 12.8 Å². The molecule has 0 saturated heterocycles. The first-order valence-electron chi connectivity index (χ1n) is 7.18. The average molecular weight is 291 g/mol. The Morgan fingerprint density at radius 2 is 1.90 bits per heavy atom. The maximum Gasteiger partial charge on any atom is 0.305 e. The highest BCUT2D eigenvalue weighted by Crippen LogP contribution is 2.33. The Morgan fingerprint density at radius 3 is 2.43 bits per heavy atom. The molecule has 1 amide bonds. The fraction of sp³-hybridized carbons (Fsp3) is 0.500. The Kier molecular flexibility index (Phi) is 4.96. The molecule has 2 N–H and O–H groups in total. The van der Waals surface area contributed by atoms with Crippen LogP contribution in [0.4, 0.5) is 0 Å². The molecular formula is C16H21NO4. The molecule has 114 valence electrons. The van der Waals surface area contributed by atoms with Gasteiger partial charge in [0.2, 0.25) is 0 Å². The summed E-state index contributed by atoms with van der Waals surface area (Å²) < 4.78 is 5.30. The molecule has 5 heteroatoms. The maximum atomic E-state index is 12.5. The Balaban J connectivity index is 2.12. The van der Waals surface area contributed by atoms with Crippen LogP contribution >= 0.6 is 0 Å². The van der Waals surface area contributed by atoms with Gasteiger partial charge in [-0.05, 0) is 18.4 Å². The van der Waals surface area contributed by atoms with Crippen molar-refractivity contribution in [2.24, 2.45) is 0 Å². The van der Waals surface area contributed by atoms with Crippen LogP contribution in [-0.4, -0.2) is 29.6 Å². The Bertz CT molecular complexity index is 494. The van der Waals surface area contributed by atoms with Gasteiger partial charge < -0.3 is 15.2 Å². The van der Waals surface area contributed by atoms with E-state index >= 15 is 0 Å². The molecule has 0 spiro atoms. The first-order chi connectivity index (χ1) is 10.1. The minimum Gasteiger partial charge on any atom is -0.481 e. The third-order valence-electron chi connectivity index (χ3n) is 4.01. The van der Waals surface area contributed by atoms with Crippen molar-refractivity contribution in [3.05, 3.63) is 35.9 Å². The molecule has 1 aromatic rings. The number of benzene rings is 1. The molecule has 0 radical (unpaired) electrons. The molecule has 1 aliphatic rings. The molecule has 0 aliphatic heterocycles. The van der Waals surface area contributed by atoms with Crippen LogP contribution in [0.25, 0.3) is 0 Å². The van der Waals surface area contributed by atoms with Crippen molar-refractivity contribution in [1.82, 2.24) is 5.32 Å². The van der Waals surface area contributed by atoms with Crippen molar-refractivity contribution in [3.8, 4) is 0 Å². The number of carboxylic acids is 1. The summed E-state index contributed by atoms with van der Waals surface area (Å²) in [5, 5.41) is 12.0. The van der Waals surface area contributed by atoms with Gasteiger partial charge in [0.25, 0.3) is 5.91 Å². The molecule has 0 bridgehead atoms. The van der Waals surface area contributed by atoms with Crippen molar-refractivity contribution in [2.75, 3.05) is 7.11 Å². The molecule has 1 fully saturated rings. The lowest BCUT2D eigenvalue weighted by atomic mass is 9.92. The number of amides is 1. The topological polar surface area (TPSA) is 75.6 Å². The van der Waals surface area contributed by atoms with E-state index in [1.54, 1.807) is 0 Å². The largest absolute Gasteiger partial charge is 0.481 e. The van der Waals surface area contributed by atoms with Gasteiger partial charge in [-0.25, -0.2) is 0 Å². The van der Waals surface area contributed by atoms with Gasteiger partial charge in [-0.3, -0.25) is 9.59 Å². The Labute approximate surface area is 124 Å². The summed E-state index contributed by atoms with van der Waals surface area (Å²) in [4.78, 5) is 23.6. The second-order valence-corrected chi connectivity index (χ2v) is 5.57. The number of rotatable bonds is 6. The fourth-order valence-electron chi connectivity index (χ4n) is 3.04. The molecule has 1 atom stereocenters. The smallest absolute Gasteiger partial charge is 0.305 e. The highest BCUT2D eigenvalue weighted by atomic mass is 16.5. The molecule has 1 saturated carbocycles. The summed E-state index contributed by atoms with van der Waals surface area (Å²) in [7, 11) is 1.48. The number of carboxylic acid groups (broad SMARTS) is 1. The standard InChI is InChI=1S/C16H21NO4/c1-21-14(12-7-3-2-4-8-12)15(20)17-16(11-13(18)19)9-5-6-10-16/h2-4,7-8,14H,5-6,9-11H2,1H3,(H,17,20)(H,18,19)/t14-/m1/s1. The fourth-order valence-corrected chi connectivity index (χ4v) is 3.04. The molecular weight excluding hydrogens is 270 g/mol. The number of aliphatic carboxylic acids is 1. The lowest BCUT2D eigenvalue weighted by molar-refractivity contribution is -0.140. The highest BCUT2D eigenvalue weighted by Gasteiger charge is 2.39. The number of ether oxygens (including phenoxy) is 1. The van der Waals surface area contributed by atoms with E-state index in [-0.39, 0.29) is 12.3 Å². The number of hydrogen-bond acceptors (Lipinski definition) is 3. The van der Waals surface area contributed by atoms with Crippen LogP contribution in [0.1, 0.15) is 43.8 Å². The molecule has 21 heavy (non-hydrogen) atoms. The van der Waals surface area contributed by atoms with Crippen LogP contribution in [0.2, 0.25) is 0 Å². The van der Waals surface area contributed by atoms with E-state index < -0.39 is 17.6 Å². The van der Waals surface area contributed by atoms with Gasteiger partial charge in [0, 0.05) is 7.11 Å². The molecule has 0 heterocycles. The predicted octanol–water partition coefficient (Wildman–Crippen LogP) is 2.28. The number of methoxy groups -OCH3 is 1. The third kappa shape index (κ3) is 3.82. The van der Waals surface area contributed by atoms with E-state index in [1.165, 1.54) is 7.11 Å². The number of carbonyl (C=O) groups is 2. The zero-order valence-corrected chi connectivity index (χ0v) is 12.2. The van der Waals surface area contributed by atoms with Gasteiger partial charge in [-0.2, -0.15) is 0 Å². The minimum atomic E-state index is -0.883. The summed E-state index contributed by atoms with van der Waals surface area (Å²) in [6.45, 7) is 0. The highest BCUT2D eigenvalue weighted by molar-refractivity contribution is 5.83. The lowest BCUT2D eigenvalue weighted by Gasteiger charge is -2.30. The molecule has 2 rings (SSSR count). The van der Waals surface area contributed by atoms with Gasteiger partial charge in [0.05, 0.1) is 12.0 Å². The molecule has 0 aromatic heterocycles. The van der Waals surface area contributed by atoms with Gasteiger partial charge in [0.1, 0.15) is 0 Å². The quantitative estimate of drug-likeness (QED) is 0.843. The number of carbonyl (C=O) groups excluding carboxylic acids is 1. The van der Waals surface area contributed by atoms with Crippen molar-refractivity contribution in [2.45, 2.75) is 43.7 Å². The number of nitrogens with one attached hydrogen (secondary N) is 1.